The molecule has 0 spiro atoms. The number of aromatic carboxylic acids is 1. The molecule has 2 N–H and O–H groups in total. The van der Waals surface area contributed by atoms with Gasteiger partial charge in [-0.3, -0.25) is 4.79 Å². The van der Waals surface area contributed by atoms with E-state index in [1.54, 1.807) is 0 Å². The molecule has 0 radical (unpaired) electrons. The number of rotatable bonds is 2. The molecule has 1 aliphatic heterocycles. The molecule has 0 fully saturated rings. The molecular weight excluding hydrogens is 343 g/mol. The summed E-state index contributed by atoms with van der Waals surface area (Å²) in [6, 6.07) is 6.92. The molecule has 7 heteroatoms. The normalized spacial score (nSPS) is 14.7. The van der Waals surface area contributed by atoms with Crippen LogP contribution in [0.1, 0.15) is 26.3 Å². The van der Waals surface area contributed by atoms with Crippen LogP contribution in [0.4, 0.5) is 0 Å². The van der Waals surface area contributed by atoms with Crippen LogP contribution in [0.2, 0.25) is 10.0 Å². The zero-order valence-electron chi connectivity index (χ0n) is 11.3. The van der Waals surface area contributed by atoms with Crippen molar-refractivity contribution in [1.29, 1.82) is 0 Å². The van der Waals surface area contributed by atoms with E-state index in [1.807, 2.05) is 0 Å². The Balaban J connectivity index is 2.05. The molecule has 0 aliphatic carbocycles. The monoisotopic (exact) mass is 350 g/mol. The van der Waals surface area contributed by atoms with E-state index in [-0.39, 0.29) is 38.4 Å². The topological polar surface area (TPSA) is 83.8 Å². The van der Waals surface area contributed by atoms with Crippen LogP contribution in [-0.4, -0.2) is 22.0 Å². The quantitative estimate of drug-likeness (QED) is 0.799. The van der Waals surface area contributed by atoms with Crippen molar-refractivity contribution in [2.24, 2.45) is 0 Å². The molecule has 0 unspecified atom stereocenters. The van der Waals surface area contributed by atoms with Crippen molar-refractivity contribution in [2.75, 3.05) is 0 Å². The van der Waals surface area contributed by atoms with Crippen LogP contribution < -0.4 is 4.74 Å². The van der Waals surface area contributed by atoms with E-state index in [0.29, 0.717) is 5.56 Å². The van der Waals surface area contributed by atoms with Crippen molar-refractivity contribution < 1.29 is 24.5 Å². The summed E-state index contributed by atoms with van der Waals surface area (Å²) in [6.07, 6.45) is 1.36. The van der Waals surface area contributed by atoms with Crippen LogP contribution in [0.15, 0.2) is 36.1 Å². The molecule has 23 heavy (non-hydrogen) atoms. The van der Waals surface area contributed by atoms with E-state index >= 15 is 0 Å². The summed E-state index contributed by atoms with van der Waals surface area (Å²) < 4.78 is 5.45. The van der Waals surface area contributed by atoms with Crippen LogP contribution in [0.5, 0.6) is 11.5 Å². The summed E-state index contributed by atoms with van der Waals surface area (Å²) in [5.41, 5.74) is 0.268. The van der Waals surface area contributed by atoms with Crippen molar-refractivity contribution in [3.05, 3.63) is 62.8 Å². The van der Waals surface area contributed by atoms with Gasteiger partial charge < -0.3 is 14.9 Å². The van der Waals surface area contributed by atoms with Gasteiger partial charge in [0, 0.05) is 0 Å². The molecule has 1 heterocycles. The molecule has 5 nitrogen and oxygen atoms in total. The minimum absolute atomic E-state index is 0.0305. The summed E-state index contributed by atoms with van der Waals surface area (Å²) in [4.78, 5) is 23.4. The highest BCUT2D eigenvalue weighted by molar-refractivity contribution is 6.39. The molecule has 2 aromatic rings. The molecule has 3 rings (SSSR count). The summed E-state index contributed by atoms with van der Waals surface area (Å²) in [5, 5.41) is 19.0. The third-order valence-corrected chi connectivity index (χ3v) is 3.88. The van der Waals surface area contributed by atoms with Crippen LogP contribution in [0.3, 0.4) is 0 Å². The van der Waals surface area contributed by atoms with E-state index in [2.05, 4.69) is 0 Å². The third-order valence-electron chi connectivity index (χ3n) is 3.27. The Bertz CT molecular complexity index is 886. The zero-order valence-corrected chi connectivity index (χ0v) is 12.9. The first kappa shape index (κ1) is 15.4. The van der Waals surface area contributed by atoms with Gasteiger partial charge >= 0.3 is 5.97 Å². The maximum absolute atomic E-state index is 12.4. The number of carbonyl (C=O) groups is 2. The van der Waals surface area contributed by atoms with E-state index in [4.69, 9.17) is 33.0 Å². The van der Waals surface area contributed by atoms with Crippen molar-refractivity contribution >= 4 is 41.0 Å². The fraction of sp³-hybridized carbons (Fsp3) is 0. The maximum atomic E-state index is 12.4. The van der Waals surface area contributed by atoms with Gasteiger partial charge in [-0.15, -0.1) is 0 Å². The van der Waals surface area contributed by atoms with E-state index < -0.39 is 11.8 Å². The second-order valence-electron chi connectivity index (χ2n) is 4.75. The number of ether oxygens (including phenoxy) is 1. The highest BCUT2D eigenvalue weighted by atomic mass is 35.5. The number of fused-ring (bicyclic) bond motifs is 1. The van der Waals surface area contributed by atoms with E-state index in [0.717, 1.165) is 0 Å². The number of benzene rings is 2. The number of phenols is 1. The lowest BCUT2D eigenvalue weighted by Crippen LogP contribution is -2.00. The standard InChI is InChI=1S/C16H8Cl2O5/c17-9-2-3-10(18)15-13(9)14(20)12(23-15)6-7-1-4-11(19)8(5-7)16(21)22/h1-6,19H,(H,21,22). The first-order valence-electron chi connectivity index (χ1n) is 6.37. The van der Waals surface area contributed by atoms with Crippen LogP contribution in [0.25, 0.3) is 6.08 Å². The molecule has 0 saturated carbocycles. The largest absolute Gasteiger partial charge is 0.507 e. The Morgan fingerprint density at radius 2 is 1.83 bits per heavy atom. The molecule has 0 atom stereocenters. The summed E-state index contributed by atoms with van der Waals surface area (Å²) >= 11 is 12.0. The van der Waals surface area contributed by atoms with Crippen molar-refractivity contribution in [3.8, 4) is 11.5 Å². The fourth-order valence-corrected chi connectivity index (χ4v) is 2.62. The number of ketones is 1. The highest BCUT2D eigenvalue weighted by Crippen LogP contribution is 2.41. The molecular formula is C16H8Cl2O5. The van der Waals surface area contributed by atoms with Gasteiger partial charge in [-0.25, -0.2) is 4.79 Å². The predicted octanol–water partition coefficient (Wildman–Crippen LogP) is 4.01. The average Bonchev–Trinajstić information content (AvgIpc) is 2.83. The molecule has 0 bridgehead atoms. The Morgan fingerprint density at radius 1 is 1.13 bits per heavy atom. The second kappa shape index (κ2) is 5.61. The predicted molar refractivity (Wildman–Crippen MR) is 84.5 cm³/mol. The molecule has 0 amide bonds. The van der Waals surface area contributed by atoms with Gasteiger partial charge in [0.25, 0.3) is 0 Å². The number of halogens is 2. The van der Waals surface area contributed by atoms with Crippen molar-refractivity contribution in [2.45, 2.75) is 0 Å². The lowest BCUT2D eigenvalue weighted by atomic mass is 10.1. The SMILES string of the molecule is O=C(O)c1cc(C=C2Oc3c(Cl)ccc(Cl)c3C2=O)ccc1O. The first-order chi connectivity index (χ1) is 10.9. The Hall–Kier alpha value is -2.50. The third kappa shape index (κ3) is 2.65. The van der Waals surface area contributed by atoms with Gasteiger partial charge in [-0.05, 0) is 35.9 Å². The highest BCUT2D eigenvalue weighted by Gasteiger charge is 2.32. The molecule has 0 saturated heterocycles. The number of hydrogen-bond acceptors (Lipinski definition) is 4. The minimum atomic E-state index is -1.28. The van der Waals surface area contributed by atoms with Gasteiger partial charge in [0.05, 0.1) is 15.6 Å². The molecule has 0 aromatic heterocycles. The van der Waals surface area contributed by atoms with E-state index in [1.165, 1.54) is 36.4 Å². The smallest absolute Gasteiger partial charge is 0.339 e. The van der Waals surface area contributed by atoms with Gasteiger partial charge in [0.15, 0.2) is 11.5 Å². The van der Waals surface area contributed by atoms with Crippen molar-refractivity contribution in [1.82, 2.24) is 0 Å². The first-order valence-corrected chi connectivity index (χ1v) is 7.12. The van der Waals surface area contributed by atoms with Crippen molar-refractivity contribution in [3.63, 3.8) is 0 Å². The maximum Gasteiger partial charge on any atom is 0.339 e. The lowest BCUT2D eigenvalue weighted by Gasteiger charge is -2.03. The number of aromatic hydroxyl groups is 1. The Labute approximate surface area is 140 Å². The summed E-state index contributed by atoms with van der Waals surface area (Å²) in [7, 11) is 0. The molecule has 2 aromatic carbocycles. The van der Waals surface area contributed by atoms with Crippen LogP contribution in [-0.2, 0) is 0 Å². The molecule has 1 aliphatic rings. The number of carboxylic acids is 1. The number of Topliss-reactive ketones (excluding diaryl/α,β-unsaturated/α-hetero) is 1. The van der Waals surface area contributed by atoms with Crippen LogP contribution in [0, 0.1) is 0 Å². The van der Waals surface area contributed by atoms with Gasteiger partial charge in [0.2, 0.25) is 5.78 Å². The lowest BCUT2D eigenvalue weighted by molar-refractivity contribution is 0.0693. The Morgan fingerprint density at radius 3 is 2.48 bits per heavy atom. The number of allylic oxidation sites excluding steroid dienone is 1. The minimum Gasteiger partial charge on any atom is -0.507 e. The fourth-order valence-electron chi connectivity index (χ4n) is 2.19. The van der Waals surface area contributed by atoms with Gasteiger partial charge in [-0.1, -0.05) is 29.3 Å². The molecule has 116 valence electrons. The number of hydrogen-bond donors (Lipinski definition) is 2. The van der Waals surface area contributed by atoms with Crippen LogP contribution >= 0.6 is 23.2 Å². The van der Waals surface area contributed by atoms with Gasteiger partial charge in [0.1, 0.15) is 11.3 Å². The second-order valence-corrected chi connectivity index (χ2v) is 5.57. The Kier molecular flexibility index (Phi) is 3.75. The summed E-state index contributed by atoms with van der Waals surface area (Å²) in [5.74, 6) is -1.95. The van der Waals surface area contributed by atoms with E-state index in [9.17, 15) is 14.7 Å². The average molecular weight is 351 g/mol. The summed E-state index contributed by atoms with van der Waals surface area (Å²) in [6.45, 7) is 0. The number of carboxylic acid groups (broad SMARTS) is 1. The zero-order chi connectivity index (χ0) is 16.7. The number of carbonyl (C=O) groups excluding carboxylic acids is 1. The van der Waals surface area contributed by atoms with Gasteiger partial charge in [-0.2, -0.15) is 0 Å².